The lowest BCUT2D eigenvalue weighted by molar-refractivity contribution is 0.585. The maximum Gasteiger partial charge on any atom is 0.129 e. The Labute approximate surface area is 116 Å². The minimum atomic E-state index is -0.291. The van der Waals surface area contributed by atoms with Gasteiger partial charge in [-0.15, -0.1) is 0 Å². The Morgan fingerprint density at radius 1 is 1.42 bits per heavy atom. The van der Waals surface area contributed by atoms with Gasteiger partial charge in [0.05, 0.1) is 12.7 Å². The third-order valence-corrected chi connectivity index (χ3v) is 3.59. The van der Waals surface area contributed by atoms with Crippen molar-refractivity contribution in [2.75, 3.05) is 0 Å². The summed E-state index contributed by atoms with van der Waals surface area (Å²) >= 11 is 6.00. The van der Waals surface area contributed by atoms with E-state index in [1.54, 1.807) is 16.8 Å². The van der Waals surface area contributed by atoms with Gasteiger partial charge in [0, 0.05) is 34.9 Å². The zero-order chi connectivity index (χ0) is 13.2. The summed E-state index contributed by atoms with van der Waals surface area (Å²) in [6.07, 6.45) is 6.26. The lowest BCUT2D eigenvalue weighted by atomic mass is 10.2. The minimum Gasteiger partial charge on any atom is -0.310 e. The van der Waals surface area contributed by atoms with Gasteiger partial charge in [-0.25, -0.2) is 4.39 Å². The van der Waals surface area contributed by atoms with Crippen molar-refractivity contribution in [3.63, 3.8) is 0 Å². The Kier molecular flexibility index (Phi) is 3.53. The fourth-order valence-corrected chi connectivity index (χ4v) is 2.20. The summed E-state index contributed by atoms with van der Waals surface area (Å²) in [5.74, 6) is -0.291. The summed E-state index contributed by atoms with van der Waals surface area (Å²) in [6, 6.07) is 5.39. The van der Waals surface area contributed by atoms with Crippen molar-refractivity contribution in [3.8, 4) is 0 Å². The summed E-state index contributed by atoms with van der Waals surface area (Å²) in [5.41, 5.74) is 1.59. The number of nitrogens with one attached hydrogen (secondary N) is 1. The predicted octanol–water partition coefficient (Wildman–Crippen LogP) is 2.98. The van der Waals surface area contributed by atoms with Gasteiger partial charge in [-0.1, -0.05) is 17.7 Å². The molecule has 0 unspecified atom stereocenters. The van der Waals surface area contributed by atoms with Crippen LogP contribution in [0.2, 0.25) is 5.02 Å². The molecule has 5 heteroatoms. The highest BCUT2D eigenvalue weighted by atomic mass is 35.5. The number of nitrogens with zero attached hydrogens (tertiary/aromatic N) is 2. The Morgan fingerprint density at radius 2 is 2.26 bits per heavy atom. The maximum absolute atomic E-state index is 13.7. The minimum absolute atomic E-state index is 0.291. The summed E-state index contributed by atoms with van der Waals surface area (Å²) in [5, 5.41) is 8.10. The number of hydrogen-bond acceptors (Lipinski definition) is 2. The van der Waals surface area contributed by atoms with Gasteiger partial charge in [0.1, 0.15) is 5.82 Å². The van der Waals surface area contributed by atoms with Crippen LogP contribution < -0.4 is 5.32 Å². The molecular formula is C14H15ClFN3. The second-order valence-corrected chi connectivity index (χ2v) is 5.31. The molecule has 3 rings (SSSR count). The van der Waals surface area contributed by atoms with Crippen LogP contribution in [0.5, 0.6) is 0 Å². The van der Waals surface area contributed by atoms with Crippen LogP contribution in [-0.4, -0.2) is 15.8 Å². The molecule has 0 spiro atoms. The van der Waals surface area contributed by atoms with Crippen LogP contribution in [0.1, 0.15) is 24.0 Å². The van der Waals surface area contributed by atoms with Crippen molar-refractivity contribution in [1.82, 2.24) is 15.1 Å². The second kappa shape index (κ2) is 5.31. The SMILES string of the molecule is Fc1cccc(Cl)c1Cn1cc(CNC2CC2)cn1. The second-order valence-electron chi connectivity index (χ2n) is 4.90. The van der Waals surface area contributed by atoms with E-state index in [1.165, 1.54) is 18.9 Å². The van der Waals surface area contributed by atoms with Crippen molar-refractivity contribution >= 4 is 11.6 Å². The monoisotopic (exact) mass is 279 g/mol. The molecule has 1 aliphatic carbocycles. The first kappa shape index (κ1) is 12.6. The van der Waals surface area contributed by atoms with E-state index in [0.29, 0.717) is 23.2 Å². The van der Waals surface area contributed by atoms with Crippen molar-refractivity contribution in [1.29, 1.82) is 0 Å². The smallest absolute Gasteiger partial charge is 0.129 e. The molecule has 0 atom stereocenters. The molecular weight excluding hydrogens is 265 g/mol. The standard InChI is InChI=1S/C14H15ClFN3/c15-13-2-1-3-14(16)12(13)9-19-8-10(7-18-19)6-17-11-4-5-11/h1-3,7-8,11,17H,4-6,9H2. The number of hydrogen-bond donors (Lipinski definition) is 1. The lowest BCUT2D eigenvalue weighted by Gasteiger charge is -2.05. The van der Waals surface area contributed by atoms with Gasteiger partial charge in [0.25, 0.3) is 0 Å². The molecule has 0 saturated heterocycles. The molecule has 1 saturated carbocycles. The van der Waals surface area contributed by atoms with Crippen LogP contribution in [0.25, 0.3) is 0 Å². The Bertz CT molecular complexity index is 558. The number of halogens is 2. The first-order chi connectivity index (χ1) is 9.22. The van der Waals surface area contributed by atoms with Crippen LogP contribution >= 0.6 is 11.6 Å². The average Bonchev–Trinajstić information content (AvgIpc) is 3.11. The third-order valence-electron chi connectivity index (χ3n) is 3.24. The fraction of sp³-hybridized carbons (Fsp3) is 0.357. The Balaban J connectivity index is 1.68. The predicted molar refractivity (Wildman–Crippen MR) is 72.6 cm³/mol. The van der Waals surface area contributed by atoms with Gasteiger partial charge in [-0.05, 0) is 25.0 Å². The molecule has 1 fully saturated rings. The van der Waals surface area contributed by atoms with E-state index in [-0.39, 0.29) is 5.82 Å². The molecule has 0 radical (unpaired) electrons. The molecule has 2 aromatic rings. The quantitative estimate of drug-likeness (QED) is 0.912. The van der Waals surface area contributed by atoms with Crippen molar-refractivity contribution in [3.05, 3.63) is 52.6 Å². The molecule has 1 aromatic heterocycles. The summed E-state index contributed by atoms with van der Waals surface area (Å²) in [6.45, 7) is 1.17. The van der Waals surface area contributed by atoms with E-state index >= 15 is 0 Å². The number of benzene rings is 1. The number of aromatic nitrogens is 2. The van der Waals surface area contributed by atoms with Crippen LogP contribution in [0.4, 0.5) is 4.39 Å². The van der Waals surface area contributed by atoms with E-state index in [1.807, 2.05) is 12.4 Å². The largest absolute Gasteiger partial charge is 0.310 e. The zero-order valence-corrected chi connectivity index (χ0v) is 11.2. The molecule has 1 heterocycles. The topological polar surface area (TPSA) is 29.9 Å². The van der Waals surface area contributed by atoms with Gasteiger partial charge in [-0.3, -0.25) is 4.68 Å². The molecule has 1 N–H and O–H groups in total. The van der Waals surface area contributed by atoms with Crippen LogP contribution in [0.15, 0.2) is 30.6 Å². The van der Waals surface area contributed by atoms with Gasteiger partial charge in [0.15, 0.2) is 0 Å². The van der Waals surface area contributed by atoms with E-state index in [2.05, 4.69) is 10.4 Å². The lowest BCUT2D eigenvalue weighted by Crippen LogP contribution is -2.14. The Morgan fingerprint density at radius 3 is 3.00 bits per heavy atom. The van der Waals surface area contributed by atoms with Gasteiger partial charge in [-0.2, -0.15) is 5.10 Å². The summed E-state index contributed by atoms with van der Waals surface area (Å²) in [7, 11) is 0. The molecule has 0 aliphatic heterocycles. The Hall–Kier alpha value is -1.39. The molecule has 0 bridgehead atoms. The molecule has 100 valence electrons. The van der Waals surface area contributed by atoms with Gasteiger partial charge < -0.3 is 5.32 Å². The van der Waals surface area contributed by atoms with E-state index in [9.17, 15) is 4.39 Å². The highest BCUT2D eigenvalue weighted by molar-refractivity contribution is 6.31. The van der Waals surface area contributed by atoms with Crippen LogP contribution in [-0.2, 0) is 13.1 Å². The fourth-order valence-electron chi connectivity index (χ4n) is 1.98. The van der Waals surface area contributed by atoms with Crippen LogP contribution in [0, 0.1) is 5.82 Å². The highest BCUT2D eigenvalue weighted by Crippen LogP contribution is 2.21. The maximum atomic E-state index is 13.7. The van der Waals surface area contributed by atoms with Gasteiger partial charge in [0.2, 0.25) is 0 Å². The van der Waals surface area contributed by atoms with E-state index in [0.717, 1.165) is 12.1 Å². The van der Waals surface area contributed by atoms with E-state index in [4.69, 9.17) is 11.6 Å². The highest BCUT2D eigenvalue weighted by Gasteiger charge is 2.20. The van der Waals surface area contributed by atoms with Crippen molar-refractivity contribution in [2.24, 2.45) is 0 Å². The zero-order valence-electron chi connectivity index (χ0n) is 10.4. The van der Waals surface area contributed by atoms with Crippen LogP contribution in [0.3, 0.4) is 0 Å². The van der Waals surface area contributed by atoms with Gasteiger partial charge >= 0.3 is 0 Å². The molecule has 0 amide bonds. The molecule has 19 heavy (non-hydrogen) atoms. The molecule has 1 aromatic carbocycles. The first-order valence-corrected chi connectivity index (χ1v) is 6.78. The molecule has 3 nitrogen and oxygen atoms in total. The van der Waals surface area contributed by atoms with Crippen molar-refractivity contribution < 1.29 is 4.39 Å². The third kappa shape index (κ3) is 3.14. The first-order valence-electron chi connectivity index (χ1n) is 6.40. The number of rotatable bonds is 5. The molecule has 1 aliphatic rings. The summed E-state index contributed by atoms with van der Waals surface area (Å²) < 4.78 is 15.4. The van der Waals surface area contributed by atoms with Crippen molar-refractivity contribution in [2.45, 2.75) is 32.0 Å². The summed E-state index contributed by atoms with van der Waals surface area (Å²) in [4.78, 5) is 0. The average molecular weight is 280 g/mol. The van der Waals surface area contributed by atoms with E-state index < -0.39 is 0 Å². The normalized spacial score (nSPS) is 14.8.